The fraction of sp³-hybridized carbons (Fsp3) is 0.929. The van der Waals surface area contributed by atoms with Crippen molar-refractivity contribution in [2.45, 2.75) is 70.7 Å². The summed E-state index contributed by atoms with van der Waals surface area (Å²) in [6.07, 6.45) is -5.84. The molecule has 6 heteroatoms. The molecule has 1 heterocycles. The van der Waals surface area contributed by atoms with Gasteiger partial charge in [-0.25, -0.2) is 0 Å². The average molecular weight is 289 g/mol. The number of Topliss-reactive ketones (excluding diaryl/α,β-unsaturated/α-hetero) is 1. The fourth-order valence-electron chi connectivity index (χ4n) is 2.09. The number of ketones is 1. The van der Waals surface area contributed by atoms with Gasteiger partial charge in [-0.2, -0.15) is 0 Å². The van der Waals surface area contributed by atoms with Crippen LogP contribution in [0.4, 0.5) is 0 Å². The normalized spacial score (nSPS) is 35.4. The van der Waals surface area contributed by atoms with Gasteiger partial charge in [-0.3, -0.25) is 4.79 Å². The van der Waals surface area contributed by atoms with Crippen LogP contribution in [0, 0.1) is 5.92 Å². The number of carbonyl (C=O) groups excluding carboxylic acids is 1. The minimum absolute atomic E-state index is 0.179. The van der Waals surface area contributed by atoms with Crippen LogP contribution in [0.25, 0.3) is 0 Å². The lowest BCUT2D eigenvalue weighted by atomic mass is 9.89. The second-order valence-electron chi connectivity index (χ2n) is 6.75. The number of carbonyl (C=O) groups is 1. The molecule has 0 spiro atoms. The van der Waals surface area contributed by atoms with Gasteiger partial charge in [-0.15, -0.1) is 0 Å². The molecule has 0 amide bonds. The predicted octanol–water partition coefficient (Wildman–Crippen LogP) is -0.550. The van der Waals surface area contributed by atoms with Crippen molar-refractivity contribution in [3.63, 3.8) is 0 Å². The molecule has 0 bridgehead atoms. The van der Waals surface area contributed by atoms with Crippen LogP contribution >= 0.6 is 0 Å². The molecule has 20 heavy (non-hydrogen) atoms. The number of hydrogen-bond acceptors (Lipinski definition) is 6. The maximum absolute atomic E-state index is 12.0. The highest BCUT2D eigenvalue weighted by molar-refractivity contribution is 5.85. The van der Waals surface area contributed by atoms with Gasteiger partial charge >= 0.3 is 0 Å². The SMILES string of the molecule is CC(C)C(=O)C1OC(CNC(C)(C)C)C(O)C(O)C1O. The van der Waals surface area contributed by atoms with Crippen LogP contribution in [0.5, 0.6) is 0 Å². The zero-order valence-corrected chi connectivity index (χ0v) is 12.8. The van der Waals surface area contributed by atoms with E-state index < -0.39 is 30.5 Å². The highest BCUT2D eigenvalue weighted by Gasteiger charge is 2.46. The van der Waals surface area contributed by atoms with E-state index in [0.717, 1.165) is 0 Å². The van der Waals surface area contributed by atoms with Gasteiger partial charge in [0.1, 0.15) is 24.4 Å². The zero-order chi connectivity index (χ0) is 15.7. The Kier molecular flexibility index (Phi) is 5.69. The second-order valence-corrected chi connectivity index (χ2v) is 6.75. The summed E-state index contributed by atoms with van der Waals surface area (Å²) in [6, 6.07) is 0. The Bertz CT molecular complexity index is 339. The maximum atomic E-state index is 12.0. The largest absolute Gasteiger partial charge is 0.388 e. The third kappa shape index (κ3) is 4.23. The van der Waals surface area contributed by atoms with Gasteiger partial charge in [0.2, 0.25) is 0 Å². The minimum atomic E-state index is -1.40. The summed E-state index contributed by atoms with van der Waals surface area (Å²) in [4.78, 5) is 12.0. The number of rotatable bonds is 4. The van der Waals surface area contributed by atoms with Crippen LogP contribution in [0.15, 0.2) is 0 Å². The summed E-state index contributed by atoms with van der Waals surface area (Å²) in [6.45, 7) is 9.59. The van der Waals surface area contributed by atoms with Crippen molar-refractivity contribution in [1.82, 2.24) is 5.32 Å². The van der Waals surface area contributed by atoms with E-state index in [4.69, 9.17) is 4.74 Å². The molecular weight excluding hydrogens is 262 g/mol. The summed E-state index contributed by atoms with van der Waals surface area (Å²) < 4.78 is 5.53. The number of nitrogens with one attached hydrogen (secondary N) is 1. The van der Waals surface area contributed by atoms with Crippen LogP contribution in [0.2, 0.25) is 0 Å². The van der Waals surface area contributed by atoms with Gasteiger partial charge in [0, 0.05) is 18.0 Å². The first-order valence-corrected chi connectivity index (χ1v) is 7.03. The fourth-order valence-corrected chi connectivity index (χ4v) is 2.09. The van der Waals surface area contributed by atoms with Crippen LogP contribution in [0.1, 0.15) is 34.6 Å². The molecule has 118 valence electrons. The van der Waals surface area contributed by atoms with Gasteiger partial charge in [0.05, 0.1) is 6.10 Å². The lowest BCUT2D eigenvalue weighted by molar-refractivity contribution is -0.220. The van der Waals surface area contributed by atoms with Gasteiger partial charge in [-0.05, 0) is 20.8 Å². The van der Waals surface area contributed by atoms with E-state index in [2.05, 4.69) is 5.32 Å². The smallest absolute Gasteiger partial charge is 0.166 e. The van der Waals surface area contributed by atoms with E-state index in [1.165, 1.54) is 0 Å². The molecule has 0 saturated carbocycles. The molecule has 1 fully saturated rings. The Morgan fingerprint density at radius 1 is 1.15 bits per heavy atom. The third-order valence-electron chi connectivity index (χ3n) is 3.40. The number of ether oxygens (including phenoxy) is 1. The standard InChI is InChI=1S/C14H27NO5/c1-7(2)9(16)13-12(19)11(18)10(17)8(20-13)6-15-14(3,4)5/h7-8,10-13,15,17-19H,6H2,1-5H3. The van der Waals surface area contributed by atoms with E-state index in [1.54, 1.807) is 13.8 Å². The molecule has 1 aliphatic rings. The quantitative estimate of drug-likeness (QED) is 0.554. The lowest BCUT2D eigenvalue weighted by Gasteiger charge is -2.41. The molecule has 5 atom stereocenters. The Balaban J connectivity index is 2.78. The van der Waals surface area contributed by atoms with Gasteiger partial charge in [0.25, 0.3) is 0 Å². The third-order valence-corrected chi connectivity index (χ3v) is 3.40. The molecule has 0 aromatic carbocycles. The molecule has 6 nitrogen and oxygen atoms in total. The molecule has 5 unspecified atom stereocenters. The average Bonchev–Trinajstić information content (AvgIpc) is 2.33. The summed E-state index contributed by atoms with van der Waals surface area (Å²) >= 11 is 0. The van der Waals surface area contributed by atoms with Crippen molar-refractivity contribution in [3.05, 3.63) is 0 Å². The van der Waals surface area contributed by atoms with E-state index in [0.29, 0.717) is 0 Å². The van der Waals surface area contributed by atoms with E-state index in [9.17, 15) is 20.1 Å². The van der Waals surface area contributed by atoms with Gasteiger partial charge in [0.15, 0.2) is 5.78 Å². The molecule has 0 aromatic heterocycles. The predicted molar refractivity (Wildman–Crippen MR) is 74.3 cm³/mol. The number of hydrogen-bond donors (Lipinski definition) is 4. The summed E-state index contributed by atoms with van der Waals surface area (Å²) in [5, 5.41) is 32.9. The summed E-state index contributed by atoms with van der Waals surface area (Å²) in [7, 11) is 0. The van der Waals surface area contributed by atoms with Crippen LogP contribution in [-0.2, 0) is 9.53 Å². The molecule has 1 rings (SSSR count). The van der Waals surface area contributed by atoms with Crippen LogP contribution < -0.4 is 5.32 Å². The molecule has 4 N–H and O–H groups in total. The van der Waals surface area contributed by atoms with Crippen LogP contribution in [0.3, 0.4) is 0 Å². The van der Waals surface area contributed by atoms with Crippen LogP contribution in [-0.4, -0.2) is 63.7 Å². The molecule has 1 saturated heterocycles. The van der Waals surface area contributed by atoms with Crippen molar-refractivity contribution < 1.29 is 24.9 Å². The molecule has 0 aromatic rings. The summed E-state index contributed by atoms with van der Waals surface area (Å²) in [5.41, 5.74) is -0.179. The highest BCUT2D eigenvalue weighted by Crippen LogP contribution is 2.23. The Hall–Kier alpha value is -0.530. The van der Waals surface area contributed by atoms with Crippen molar-refractivity contribution >= 4 is 5.78 Å². The van der Waals surface area contributed by atoms with E-state index in [-0.39, 0.29) is 23.8 Å². The Labute approximate surface area is 120 Å². The van der Waals surface area contributed by atoms with Gasteiger partial charge < -0.3 is 25.4 Å². The number of aliphatic hydroxyl groups is 3. The van der Waals surface area contributed by atoms with E-state index >= 15 is 0 Å². The first-order chi connectivity index (χ1) is 9.04. The zero-order valence-electron chi connectivity index (χ0n) is 12.8. The van der Waals surface area contributed by atoms with Crippen molar-refractivity contribution in [1.29, 1.82) is 0 Å². The highest BCUT2D eigenvalue weighted by atomic mass is 16.5. The first kappa shape index (κ1) is 17.5. The second kappa shape index (κ2) is 6.49. The first-order valence-electron chi connectivity index (χ1n) is 7.03. The monoisotopic (exact) mass is 289 g/mol. The topological polar surface area (TPSA) is 99.0 Å². The summed E-state index contributed by atoms with van der Waals surface area (Å²) in [5.74, 6) is -0.586. The lowest BCUT2D eigenvalue weighted by Crippen LogP contribution is -2.62. The minimum Gasteiger partial charge on any atom is -0.388 e. The molecule has 0 aliphatic carbocycles. The molecular formula is C14H27NO5. The molecule has 0 radical (unpaired) electrons. The Morgan fingerprint density at radius 3 is 2.15 bits per heavy atom. The number of aliphatic hydroxyl groups excluding tert-OH is 3. The van der Waals surface area contributed by atoms with E-state index in [1.807, 2.05) is 20.8 Å². The Morgan fingerprint density at radius 2 is 1.70 bits per heavy atom. The van der Waals surface area contributed by atoms with Crippen molar-refractivity contribution in [2.24, 2.45) is 5.92 Å². The molecule has 1 aliphatic heterocycles. The van der Waals surface area contributed by atoms with Crippen molar-refractivity contribution in [2.75, 3.05) is 6.54 Å². The maximum Gasteiger partial charge on any atom is 0.166 e. The van der Waals surface area contributed by atoms with Crippen molar-refractivity contribution in [3.8, 4) is 0 Å². The van der Waals surface area contributed by atoms with Gasteiger partial charge in [-0.1, -0.05) is 13.8 Å².